The highest BCUT2D eigenvalue weighted by Gasteiger charge is 2.04. The SMILES string of the molecule is CCCOc1ccc(CNC=O)cc1OC. The molecule has 0 atom stereocenters. The highest BCUT2D eigenvalue weighted by molar-refractivity contribution is 5.48. The molecule has 0 aliphatic carbocycles. The van der Waals surface area contributed by atoms with E-state index >= 15 is 0 Å². The molecular formula is C12H17NO3. The maximum Gasteiger partial charge on any atom is 0.207 e. The second-order valence-electron chi connectivity index (χ2n) is 3.33. The molecule has 88 valence electrons. The molecule has 0 radical (unpaired) electrons. The van der Waals surface area contributed by atoms with E-state index in [0.717, 1.165) is 17.7 Å². The monoisotopic (exact) mass is 223 g/mol. The van der Waals surface area contributed by atoms with E-state index in [2.05, 4.69) is 12.2 Å². The summed E-state index contributed by atoms with van der Waals surface area (Å²) in [6.45, 7) is 3.21. The number of amides is 1. The van der Waals surface area contributed by atoms with Crippen LogP contribution in [0.25, 0.3) is 0 Å². The Morgan fingerprint density at radius 2 is 2.19 bits per heavy atom. The summed E-state index contributed by atoms with van der Waals surface area (Å²) in [6, 6.07) is 5.63. The molecular weight excluding hydrogens is 206 g/mol. The summed E-state index contributed by atoms with van der Waals surface area (Å²) in [6.07, 6.45) is 1.63. The van der Waals surface area contributed by atoms with Crippen molar-refractivity contribution in [3.63, 3.8) is 0 Å². The predicted molar refractivity (Wildman–Crippen MR) is 61.7 cm³/mol. The lowest BCUT2D eigenvalue weighted by atomic mass is 10.2. The zero-order valence-electron chi connectivity index (χ0n) is 9.66. The number of ether oxygens (including phenoxy) is 2. The molecule has 0 saturated heterocycles. The fourth-order valence-electron chi connectivity index (χ4n) is 1.31. The minimum atomic E-state index is 0.494. The smallest absolute Gasteiger partial charge is 0.207 e. The van der Waals surface area contributed by atoms with E-state index in [9.17, 15) is 4.79 Å². The van der Waals surface area contributed by atoms with Gasteiger partial charge in [0.05, 0.1) is 13.7 Å². The Balaban J connectivity index is 2.75. The Morgan fingerprint density at radius 3 is 2.81 bits per heavy atom. The van der Waals surface area contributed by atoms with Crippen LogP contribution in [0, 0.1) is 0 Å². The van der Waals surface area contributed by atoms with Crippen molar-refractivity contribution in [1.82, 2.24) is 5.32 Å². The minimum absolute atomic E-state index is 0.494. The molecule has 0 unspecified atom stereocenters. The molecule has 0 aromatic heterocycles. The normalized spacial score (nSPS) is 9.62. The molecule has 0 saturated carbocycles. The van der Waals surface area contributed by atoms with Crippen LogP contribution in [0.1, 0.15) is 18.9 Å². The van der Waals surface area contributed by atoms with Crippen molar-refractivity contribution in [2.24, 2.45) is 0 Å². The van der Waals surface area contributed by atoms with Crippen LogP contribution in [0.2, 0.25) is 0 Å². The minimum Gasteiger partial charge on any atom is -0.493 e. The summed E-state index contributed by atoms with van der Waals surface area (Å²) in [5, 5.41) is 2.60. The van der Waals surface area contributed by atoms with E-state index in [4.69, 9.17) is 9.47 Å². The number of nitrogens with one attached hydrogen (secondary N) is 1. The number of hydrogen-bond acceptors (Lipinski definition) is 3. The lowest BCUT2D eigenvalue weighted by Crippen LogP contribution is -2.09. The molecule has 4 heteroatoms. The van der Waals surface area contributed by atoms with Gasteiger partial charge in [-0.25, -0.2) is 0 Å². The quantitative estimate of drug-likeness (QED) is 0.716. The second kappa shape index (κ2) is 6.71. The van der Waals surface area contributed by atoms with Gasteiger partial charge >= 0.3 is 0 Å². The lowest BCUT2D eigenvalue weighted by molar-refractivity contribution is -0.109. The maximum absolute atomic E-state index is 10.2. The van der Waals surface area contributed by atoms with Crippen LogP contribution in [0.5, 0.6) is 11.5 Å². The Morgan fingerprint density at radius 1 is 1.38 bits per heavy atom. The zero-order valence-corrected chi connectivity index (χ0v) is 9.66. The second-order valence-corrected chi connectivity index (χ2v) is 3.33. The first kappa shape index (κ1) is 12.4. The molecule has 16 heavy (non-hydrogen) atoms. The van der Waals surface area contributed by atoms with Crippen LogP contribution < -0.4 is 14.8 Å². The first-order chi connectivity index (χ1) is 7.81. The van der Waals surface area contributed by atoms with Gasteiger partial charge < -0.3 is 14.8 Å². The van der Waals surface area contributed by atoms with Gasteiger partial charge in [0.2, 0.25) is 6.41 Å². The molecule has 0 spiro atoms. The fraction of sp³-hybridized carbons (Fsp3) is 0.417. The third kappa shape index (κ3) is 3.46. The highest BCUT2D eigenvalue weighted by atomic mass is 16.5. The largest absolute Gasteiger partial charge is 0.493 e. The molecule has 0 heterocycles. The van der Waals surface area contributed by atoms with Gasteiger partial charge in [-0.05, 0) is 24.1 Å². The maximum atomic E-state index is 10.2. The first-order valence-electron chi connectivity index (χ1n) is 5.28. The molecule has 1 rings (SSSR count). The van der Waals surface area contributed by atoms with E-state index in [-0.39, 0.29) is 0 Å². The van der Waals surface area contributed by atoms with Crippen molar-refractivity contribution < 1.29 is 14.3 Å². The summed E-state index contributed by atoms with van der Waals surface area (Å²) in [7, 11) is 1.60. The summed E-state index contributed by atoms with van der Waals surface area (Å²) in [4.78, 5) is 10.2. The summed E-state index contributed by atoms with van der Waals surface area (Å²) < 4.78 is 10.7. The Labute approximate surface area is 95.6 Å². The fourth-order valence-corrected chi connectivity index (χ4v) is 1.31. The molecule has 1 amide bonds. The van der Waals surface area contributed by atoms with Gasteiger partial charge in [-0.15, -0.1) is 0 Å². The van der Waals surface area contributed by atoms with Crippen molar-refractivity contribution in [3.8, 4) is 11.5 Å². The molecule has 0 bridgehead atoms. The van der Waals surface area contributed by atoms with Crippen molar-refractivity contribution in [2.45, 2.75) is 19.9 Å². The molecule has 0 aliphatic rings. The van der Waals surface area contributed by atoms with Crippen LogP contribution in [-0.4, -0.2) is 20.1 Å². The topological polar surface area (TPSA) is 47.6 Å². The van der Waals surface area contributed by atoms with Crippen LogP contribution in [0.15, 0.2) is 18.2 Å². The number of methoxy groups -OCH3 is 1. The van der Waals surface area contributed by atoms with Gasteiger partial charge in [0, 0.05) is 6.54 Å². The van der Waals surface area contributed by atoms with E-state index in [1.807, 2.05) is 18.2 Å². The van der Waals surface area contributed by atoms with E-state index in [1.165, 1.54) is 0 Å². The molecule has 1 aromatic carbocycles. The van der Waals surface area contributed by atoms with Crippen LogP contribution in [-0.2, 0) is 11.3 Å². The standard InChI is InChI=1S/C12H17NO3/c1-3-6-16-11-5-4-10(8-13-9-14)7-12(11)15-2/h4-5,7,9H,3,6,8H2,1-2H3,(H,13,14). The van der Waals surface area contributed by atoms with Crippen LogP contribution in [0.3, 0.4) is 0 Å². The number of benzene rings is 1. The van der Waals surface area contributed by atoms with Crippen LogP contribution in [0.4, 0.5) is 0 Å². The number of hydrogen-bond donors (Lipinski definition) is 1. The molecule has 0 aliphatic heterocycles. The van der Waals surface area contributed by atoms with Crippen molar-refractivity contribution >= 4 is 6.41 Å². The van der Waals surface area contributed by atoms with E-state index in [1.54, 1.807) is 7.11 Å². The molecule has 1 aromatic rings. The lowest BCUT2D eigenvalue weighted by Gasteiger charge is -2.11. The predicted octanol–water partition coefficient (Wildman–Crippen LogP) is 1.73. The summed E-state index contributed by atoms with van der Waals surface area (Å²) >= 11 is 0. The molecule has 0 fully saturated rings. The number of carbonyl (C=O) groups is 1. The first-order valence-corrected chi connectivity index (χ1v) is 5.28. The average Bonchev–Trinajstić information content (AvgIpc) is 2.34. The zero-order chi connectivity index (χ0) is 11.8. The van der Waals surface area contributed by atoms with Gasteiger partial charge in [0.15, 0.2) is 11.5 Å². The van der Waals surface area contributed by atoms with E-state index in [0.29, 0.717) is 25.3 Å². The average molecular weight is 223 g/mol. The number of rotatable bonds is 7. The van der Waals surface area contributed by atoms with Gasteiger partial charge in [0.1, 0.15) is 0 Å². The number of carbonyl (C=O) groups excluding carboxylic acids is 1. The van der Waals surface area contributed by atoms with Crippen molar-refractivity contribution in [1.29, 1.82) is 0 Å². The third-order valence-corrected chi connectivity index (χ3v) is 2.08. The van der Waals surface area contributed by atoms with E-state index < -0.39 is 0 Å². The Hall–Kier alpha value is -1.71. The molecule has 1 N–H and O–H groups in total. The van der Waals surface area contributed by atoms with Gasteiger partial charge in [-0.3, -0.25) is 4.79 Å². The molecule has 4 nitrogen and oxygen atoms in total. The summed E-state index contributed by atoms with van der Waals surface area (Å²) in [5.74, 6) is 1.43. The Bertz CT molecular complexity index is 339. The van der Waals surface area contributed by atoms with Crippen molar-refractivity contribution in [3.05, 3.63) is 23.8 Å². The van der Waals surface area contributed by atoms with Gasteiger partial charge in [-0.1, -0.05) is 13.0 Å². The van der Waals surface area contributed by atoms with Crippen LogP contribution >= 0.6 is 0 Å². The summed E-state index contributed by atoms with van der Waals surface area (Å²) in [5.41, 5.74) is 0.979. The third-order valence-electron chi connectivity index (χ3n) is 2.08. The van der Waals surface area contributed by atoms with Gasteiger partial charge in [-0.2, -0.15) is 0 Å². The van der Waals surface area contributed by atoms with Gasteiger partial charge in [0.25, 0.3) is 0 Å². The van der Waals surface area contributed by atoms with Crippen molar-refractivity contribution in [2.75, 3.05) is 13.7 Å². The Kier molecular flexibility index (Phi) is 5.19. The highest BCUT2D eigenvalue weighted by Crippen LogP contribution is 2.28.